The molecule has 0 radical (unpaired) electrons. The SMILES string of the molecule is CC(C)(C)[Si](C)(C)OCC1=C[C+]=C(C=O)C=C1. The monoisotopic (exact) mass is 249 g/mol. The Labute approximate surface area is 105 Å². The summed E-state index contributed by atoms with van der Waals surface area (Å²) in [5.74, 6) is 0. The van der Waals surface area contributed by atoms with Crippen molar-refractivity contribution in [2.45, 2.75) is 38.9 Å². The molecule has 0 amide bonds. The minimum atomic E-state index is -1.69. The van der Waals surface area contributed by atoms with Crippen LogP contribution in [0.15, 0.2) is 29.4 Å². The van der Waals surface area contributed by atoms with Crippen LogP contribution < -0.4 is 0 Å². The third kappa shape index (κ3) is 3.74. The molecule has 0 saturated heterocycles. The highest BCUT2D eigenvalue weighted by Crippen LogP contribution is 2.36. The van der Waals surface area contributed by atoms with Gasteiger partial charge >= 0.3 is 0 Å². The molecule has 0 unspecified atom stereocenters. The fourth-order valence-electron chi connectivity index (χ4n) is 1.11. The average molecular weight is 249 g/mol. The molecule has 0 aliphatic heterocycles. The summed E-state index contributed by atoms with van der Waals surface area (Å²) < 4.78 is 6.08. The molecule has 1 rings (SSSR count). The molecule has 1 aliphatic rings. The van der Waals surface area contributed by atoms with Crippen molar-refractivity contribution in [3.63, 3.8) is 0 Å². The maximum atomic E-state index is 10.5. The summed E-state index contributed by atoms with van der Waals surface area (Å²) in [6.45, 7) is 11.7. The molecule has 1 aliphatic carbocycles. The largest absolute Gasteiger partial charge is 0.404 e. The van der Waals surface area contributed by atoms with Gasteiger partial charge in [-0.05, 0) is 18.1 Å². The van der Waals surface area contributed by atoms with Crippen molar-refractivity contribution in [1.82, 2.24) is 0 Å². The lowest BCUT2D eigenvalue weighted by atomic mass is 10.1. The van der Waals surface area contributed by atoms with Crippen molar-refractivity contribution in [2.24, 2.45) is 0 Å². The van der Waals surface area contributed by atoms with Gasteiger partial charge in [-0.3, -0.25) is 0 Å². The van der Waals surface area contributed by atoms with Gasteiger partial charge in [-0.25, -0.2) is 4.79 Å². The second kappa shape index (κ2) is 5.09. The Balaban J connectivity index is 2.60. The molecule has 0 saturated carbocycles. The zero-order chi connectivity index (χ0) is 13.1. The minimum absolute atomic E-state index is 0.222. The Morgan fingerprint density at radius 2 is 2.00 bits per heavy atom. The van der Waals surface area contributed by atoms with Gasteiger partial charge in [-0.1, -0.05) is 20.8 Å². The van der Waals surface area contributed by atoms with E-state index in [-0.39, 0.29) is 5.04 Å². The van der Waals surface area contributed by atoms with E-state index in [1.165, 1.54) is 0 Å². The van der Waals surface area contributed by atoms with E-state index in [1.807, 2.05) is 12.2 Å². The molecule has 0 aromatic rings. The summed E-state index contributed by atoms with van der Waals surface area (Å²) in [4.78, 5) is 10.5. The van der Waals surface area contributed by atoms with Crippen molar-refractivity contribution in [1.29, 1.82) is 0 Å². The van der Waals surface area contributed by atoms with E-state index in [1.54, 1.807) is 6.08 Å². The van der Waals surface area contributed by atoms with Crippen LogP contribution in [-0.2, 0) is 9.22 Å². The number of aldehydes is 1. The quantitative estimate of drug-likeness (QED) is 0.433. The first-order valence-electron chi connectivity index (χ1n) is 5.86. The van der Waals surface area contributed by atoms with Crippen LogP contribution in [0.4, 0.5) is 0 Å². The Hall–Kier alpha value is -1.02. The van der Waals surface area contributed by atoms with Gasteiger partial charge in [0.15, 0.2) is 13.9 Å². The molecule has 3 heteroatoms. The zero-order valence-corrected chi connectivity index (χ0v) is 12.3. The first-order valence-corrected chi connectivity index (χ1v) is 8.77. The van der Waals surface area contributed by atoms with Crippen LogP contribution in [-0.4, -0.2) is 21.2 Å². The van der Waals surface area contributed by atoms with Crippen LogP contribution in [0.5, 0.6) is 0 Å². The average Bonchev–Trinajstić information content (AvgIpc) is 2.25. The number of hydrogen-bond donors (Lipinski definition) is 0. The van der Waals surface area contributed by atoms with Crippen molar-refractivity contribution >= 4 is 14.6 Å². The van der Waals surface area contributed by atoms with E-state index in [0.717, 1.165) is 11.9 Å². The maximum Gasteiger partial charge on any atom is 0.239 e. The third-order valence-electron chi connectivity index (χ3n) is 3.43. The molecule has 0 atom stereocenters. The van der Waals surface area contributed by atoms with Crippen molar-refractivity contribution < 1.29 is 9.22 Å². The smallest absolute Gasteiger partial charge is 0.239 e. The molecule has 92 valence electrons. The van der Waals surface area contributed by atoms with Crippen molar-refractivity contribution in [2.75, 3.05) is 6.61 Å². The lowest BCUT2D eigenvalue weighted by molar-refractivity contribution is -0.104. The summed E-state index contributed by atoms with van der Waals surface area (Å²) in [6, 6.07) is 0. The number of carbonyl (C=O) groups is 1. The molecule has 17 heavy (non-hydrogen) atoms. The normalized spacial score (nSPS) is 16.1. The van der Waals surface area contributed by atoms with Gasteiger partial charge in [-0.15, -0.1) is 0 Å². The van der Waals surface area contributed by atoms with Gasteiger partial charge in [0.25, 0.3) is 0 Å². The lowest BCUT2D eigenvalue weighted by Gasteiger charge is -2.35. The van der Waals surface area contributed by atoms with E-state index in [4.69, 9.17) is 4.43 Å². The first-order chi connectivity index (χ1) is 7.76. The molecular formula is C14H21O2Si+. The summed E-state index contributed by atoms with van der Waals surface area (Å²) >= 11 is 0. The molecule has 0 aromatic carbocycles. The van der Waals surface area contributed by atoms with Crippen LogP contribution in [0, 0.1) is 6.08 Å². The zero-order valence-electron chi connectivity index (χ0n) is 11.3. The molecule has 0 bridgehead atoms. The fraction of sp³-hybridized carbons (Fsp3) is 0.500. The lowest BCUT2D eigenvalue weighted by Crippen LogP contribution is -2.41. The number of rotatable bonds is 4. The van der Waals surface area contributed by atoms with Crippen molar-refractivity contribution in [3.05, 3.63) is 35.5 Å². The summed E-state index contributed by atoms with van der Waals surface area (Å²) in [5, 5.41) is 0.222. The Morgan fingerprint density at radius 3 is 2.41 bits per heavy atom. The van der Waals surface area contributed by atoms with E-state index in [0.29, 0.717) is 12.2 Å². The third-order valence-corrected chi connectivity index (χ3v) is 7.91. The predicted octanol–water partition coefficient (Wildman–Crippen LogP) is 3.43. The first kappa shape index (κ1) is 14.0. The van der Waals surface area contributed by atoms with Crippen LogP contribution in [0.3, 0.4) is 0 Å². The summed E-state index contributed by atoms with van der Waals surface area (Å²) in [6.07, 6.45) is 9.26. The highest BCUT2D eigenvalue weighted by molar-refractivity contribution is 6.74. The molecule has 0 aromatic heterocycles. The standard InChI is InChI=1S/C14H21O2Si/c1-14(2,3)17(4,5)16-11-13-8-6-12(10-15)7-9-13/h6,8-10H,11H2,1-5H3/q+1. The Kier molecular flexibility index (Phi) is 4.20. The van der Waals surface area contributed by atoms with E-state index in [9.17, 15) is 4.79 Å². The van der Waals surface area contributed by atoms with Crippen molar-refractivity contribution in [3.8, 4) is 0 Å². The van der Waals surface area contributed by atoms with Crippen LogP contribution in [0.25, 0.3) is 0 Å². The van der Waals surface area contributed by atoms with E-state index >= 15 is 0 Å². The van der Waals surface area contributed by atoms with Crippen LogP contribution in [0.1, 0.15) is 20.8 Å². The predicted molar refractivity (Wildman–Crippen MR) is 73.2 cm³/mol. The van der Waals surface area contributed by atoms with Gasteiger partial charge in [0, 0.05) is 18.2 Å². The van der Waals surface area contributed by atoms with Gasteiger partial charge < -0.3 is 4.43 Å². The number of hydrogen-bond acceptors (Lipinski definition) is 2. The maximum absolute atomic E-state index is 10.5. The molecule has 0 N–H and O–H groups in total. The number of carbonyl (C=O) groups excluding carboxylic acids is 1. The topological polar surface area (TPSA) is 26.3 Å². The van der Waals surface area contributed by atoms with Gasteiger partial charge in [0.05, 0.1) is 18.3 Å². The fourth-order valence-corrected chi connectivity index (χ4v) is 2.07. The number of allylic oxidation sites excluding steroid dienone is 4. The summed E-state index contributed by atoms with van der Waals surface area (Å²) in [7, 11) is -1.69. The van der Waals surface area contributed by atoms with Gasteiger partial charge in [0.2, 0.25) is 6.29 Å². The summed E-state index contributed by atoms with van der Waals surface area (Å²) in [5.41, 5.74) is 1.65. The van der Waals surface area contributed by atoms with Gasteiger partial charge in [-0.2, -0.15) is 0 Å². The molecule has 0 spiro atoms. The molecule has 2 nitrogen and oxygen atoms in total. The minimum Gasteiger partial charge on any atom is -0.404 e. The second-order valence-electron chi connectivity index (χ2n) is 5.82. The Bertz CT molecular complexity index is 382. The van der Waals surface area contributed by atoms with Crippen LogP contribution in [0.2, 0.25) is 18.1 Å². The Morgan fingerprint density at radius 1 is 1.35 bits per heavy atom. The van der Waals surface area contributed by atoms with Gasteiger partial charge in [0.1, 0.15) is 0 Å². The molecule has 0 fully saturated rings. The van der Waals surface area contributed by atoms with E-state index in [2.05, 4.69) is 39.9 Å². The highest BCUT2D eigenvalue weighted by atomic mass is 28.4. The highest BCUT2D eigenvalue weighted by Gasteiger charge is 2.37. The van der Waals surface area contributed by atoms with E-state index < -0.39 is 8.32 Å². The van der Waals surface area contributed by atoms with Crippen LogP contribution >= 0.6 is 0 Å². The second-order valence-corrected chi connectivity index (χ2v) is 10.6. The molecule has 0 heterocycles. The molecular weight excluding hydrogens is 228 g/mol.